The van der Waals surface area contributed by atoms with Crippen LogP contribution in [-0.2, 0) is 9.53 Å². The number of carbonyl (C=O) groups is 1. The van der Waals surface area contributed by atoms with Crippen LogP contribution < -0.4 is 5.32 Å². The molecule has 6 heteroatoms. The second-order valence-corrected chi connectivity index (χ2v) is 6.50. The summed E-state index contributed by atoms with van der Waals surface area (Å²) >= 11 is 12.1. The summed E-state index contributed by atoms with van der Waals surface area (Å²) in [5.41, 5.74) is 0.929. The molecule has 2 N–H and O–H groups in total. The summed E-state index contributed by atoms with van der Waals surface area (Å²) in [7, 11) is 0. The average Bonchev–Trinajstić information content (AvgIpc) is 2.49. The minimum absolute atomic E-state index is 0.108. The molecular weight excluding hydrogens is 313 g/mol. The lowest BCUT2D eigenvalue weighted by molar-refractivity contribution is -0.145. The van der Waals surface area contributed by atoms with Crippen LogP contribution in [0.25, 0.3) is 0 Å². The molecule has 4 unspecified atom stereocenters. The number of rotatable bonds is 2. The molecule has 2 aliphatic rings. The number of piperidine rings is 1. The fourth-order valence-corrected chi connectivity index (χ4v) is 3.82. The lowest BCUT2D eigenvalue weighted by Gasteiger charge is -2.45. The standard InChI is InChI=1S/C15H17Cl2NO3/c16-11-2-1-8(5-12(11)17)14-9(15(19)20)6-18-13-3-4-21-7-10(13)14/h1-2,5,9-10,13-14,18H,3-4,6-7H2,(H,19,20). The molecule has 1 aromatic carbocycles. The number of carboxylic acids is 1. The van der Waals surface area contributed by atoms with Gasteiger partial charge < -0.3 is 15.2 Å². The second-order valence-electron chi connectivity index (χ2n) is 5.69. The highest BCUT2D eigenvalue weighted by atomic mass is 35.5. The van der Waals surface area contributed by atoms with E-state index >= 15 is 0 Å². The van der Waals surface area contributed by atoms with Crippen LogP contribution in [0.4, 0.5) is 0 Å². The number of halogens is 2. The maximum absolute atomic E-state index is 11.6. The molecule has 2 heterocycles. The van der Waals surface area contributed by atoms with E-state index in [-0.39, 0.29) is 11.8 Å². The van der Waals surface area contributed by atoms with E-state index in [0.29, 0.717) is 29.2 Å². The van der Waals surface area contributed by atoms with Gasteiger partial charge in [-0.05, 0) is 24.1 Å². The number of ether oxygens (including phenoxy) is 1. The Hall–Kier alpha value is -0.810. The molecule has 0 spiro atoms. The van der Waals surface area contributed by atoms with Crippen LogP contribution in [0.2, 0.25) is 10.0 Å². The highest BCUT2D eigenvalue weighted by Crippen LogP contribution is 2.41. The number of hydrogen-bond donors (Lipinski definition) is 2. The van der Waals surface area contributed by atoms with Crippen LogP contribution in [0, 0.1) is 11.8 Å². The van der Waals surface area contributed by atoms with Crippen molar-refractivity contribution < 1.29 is 14.6 Å². The van der Waals surface area contributed by atoms with Gasteiger partial charge in [-0.2, -0.15) is 0 Å². The van der Waals surface area contributed by atoms with Crippen molar-refractivity contribution in [3.05, 3.63) is 33.8 Å². The van der Waals surface area contributed by atoms with Crippen LogP contribution in [0.5, 0.6) is 0 Å². The first-order valence-electron chi connectivity index (χ1n) is 7.07. The third kappa shape index (κ3) is 2.90. The zero-order chi connectivity index (χ0) is 15.0. The molecule has 2 saturated heterocycles. The van der Waals surface area contributed by atoms with Gasteiger partial charge in [-0.3, -0.25) is 4.79 Å². The van der Waals surface area contributed by atoms with Crippen molar-refractivity contribution in [1.82, 2.24) is 5.32 Å². The molecule has 0 aliphatic carbocycles. The fourth-order valence-electron chi connectivity index (χ4n) is 3.51. The molecule has 114 valence electrons. The average molecular weight is 330 g/mol. The Kier molecular flexibility index (Phi) is 4.41. The Morgan fingerprint density at radius 3 is 2.86 bits per heavy atom. The number of benzene rings is 1. The van der Waals surface area contributed by atoms with Gasteiger partial charge in [0.05, 0.1) is 22.6 Å². The van der Waals surface area contributed by atoms with E-state index in [0.717, 1.165) is 18.6 Å². The van der Waals surface area contributed by atoms with Crippen molar-refractivity contribution in [3.63, 3.8) is 0 Å². The third-order valence-electron chi connectivity index (χ3n) is 4.54. The van der Waals surface area contributed by atoms with Crippen LogP contribution in [-0.4, -0.2) is 36.9 Å². The largest absolute Gasteiger partial charge is 0.481 e. The van der Waals surface area contributed by atoms with Crippen LogP contribution in [0.15, 0.2) is 18.2 Å². The summed E-state index contributed by atoms with van der Waals surface area (Å²) < 4.78 is 5.58. The zero-order valence-electron chi connectivity index (χ0n) is 11.4. The number of nitrogens with one attached hydrogen (secondary N) is 1. The summed E-state index contributed by atoms with van der Waals surface area (Å²) in [5, 5.41) is 13.8. The molecule has 0 amide bonds. The van der Waals surface area contributed by atoms with Crippen molar-refractivity contribution in [2.24, 2.45) is 11.8 Å². The number of aliphatic carboxylic acids is 1. The highest BCUT2D eigenvalue weighted by Gasteiger charge is 2.44. The van der Waals surface area contributed by atoms with Gasteiger partial charge in [0.1, 0.15) is 0 Å². The Balaban J connectivity index is 1.98. The Labute approximate surface area is 133 Å². The van der Waals surface area contributed by atoms with Gasteiger partial charge in [-0.15, -0.1) is 0 Å². The van der Waals surface area contributed by atoms with E-state index in [1.807, 2.05) is 6.07 Å². The predicted octanol–water partition coefficient (Wildman–Crippen LogP) is 2.79. The Bertz CT molecular complexity index is 552. The van der Waals surface area contributed by atoms with Gasteiger partial charge in [0.2, 0.25) is 0 Å². The normalized spacial score (nSPS) is 32.5. The molecule has 4 atom stereocenters. The Morgan fingerprint density at radius 2 is 2.14 bits per heavy atom. The second kappa shape index (κ2) is 6.13. The van der Waals surface area contributed by atoms with Crippen molar-refractivity contribution in [1.29, 1.82) is 0 Å². The lowest BCUT2D eigenvalue weighted by atomic mass is 9.70. The van der Waals surface area contributed by atoms with Gasteiger partial charge in [0.25, 0.3) is 0 Å². The van der Waals surface area contributed by atoms with Crippen molar-refractivity contribution >= 4 is 29.2 Å². The third-order valence-corrected chi connectivity index (χ3v) is 5.28. The maximum atomic E-state index is 11.6. The van der Waals surface area contributed by atoms with E-state index in [1.54, 1.807) is 12.1 Å². The topological polar surface area (TPSA) is 58.6 Å². The van der Waals surface area contributed by atoms with Crippen LogP contribution in [0.1, 0.15) is 17.9 Å². The van der Waals surface area contributed by atoms with Gasteiger partial charge in [-0.25, -0.2) is 0 Å². The van der Waals surface area contributed by atoms with Crippen LogP contribution in [0.3, 0.4) is 0 Å². The number of fused-ring (bicyclic) bond motifs is 1. The molecule has 2 aliphatic heterocycles. The van der Waals surface area contributed by atoms with E-state index in [1.165, 1.54) is 0 Å². The molecular formula is C15H17Cl2NO3. The first-order chi connectivity index (χ1) is 10.1. The summed E-state index contributed by atoms with van der Waals surface area (Å²) in [6.45, 7) is 1.77. The summed E-state index contributed by atoms with van der Waals surface area (Å²) in [6.07, 6.45) is 0.912. The summed E-state index contributed by atoms with van der Waals surface area (Å²) in [4.78, 5) is 11.6. The number of carboxylic acid groups (broad SMARTS) is 1. The van der Waals surface area contributed by atoms with E-state index in [2.05, 4.69) is 5.32 Å². The van der Waals surface area contributed by atoms with Gasteiger partial charge >= 0.3 is 5.97 Å². The molecule has 3 rings (SSSR count). The first kappa shape index (κ1) is 15.1. The van der Waals surface area contributed by atoms with Crippen molar-refractivity contribution in [3.8, 4) is 0 Å². The van der Waals surface area contributed by atoms with E-state index in [4.69, 9.17) is 27.9 Å². The SMILES string of the molecule is O=C(O)C1CNC2CCOCC2C1c1ccc(Cl)c(Cl)c1. The quantitative estimate of drug-likeness (QED) is 0.875. The zero-order valence-corrected chi connectivity index (χ0v) is 12.9. The summed E-state index contributed by atoms with van der Waals surface area (Å²) in [5.74, 6) is -1.23. The smallest absolute Gasteiger partial charge is 0.308 e. The van der Waals surface area contributed by atoms with Gasteiger partial charge in [0, 0.05) is 31.0 Å². The van der Waals surface area contributed by atoms with Gasteiger partial charge in [0.15, 0.2) is 0 Å². The minimum Gasteiger partial charge on any atom is -0.481 e. The lowest BCUT2D eigenvalue weighted by Crippen LogP contribution is -2.55. The van der Waals surface area contributed by atoms with Crippen molar-refractivity contribution in [2.45, 2.75) is 18.4 Å². The van der Waals surface area contributed by atoms with Crippen LogP contribution >= 0.6 is 23.2 Å². The summed E-state index contributed by atoms with van der Waals surface area (Å²) in [6, 6.07) is 5.71. The Morgan fingerprint density at radius 1 is 1.33 bits per heavy atom. The fraction of sp³-hybridized carbons (Fsp3) is 0.533. The molecule has 21 heavy (non-hydrogen) atoms. The molecule has 2 fully saturated rings. The van der Waals surface area contributed by atoms with E-state index < -0.39 is 11.9 Å². The molecule has 0 aromatic heterocycles. The predicted molar refractivity (Wildman–Crippen MR) is 81.0 cm³/mol. The van der Waals surface area contributed by atoms with Gasteiger partial charge in [-0.1, -0.05) is 29.3 Å². The molecule has 4 nitrogen and oxygen atoms in total. The molecule has 0 radical (unpaired) electrons. The first-order valence-corrected chi connectivity index (χ1v) is 7.82. The number of hydrogen-bond acceptors (Lipinski definition) is 3. The minimum atomic E-state index is -0.789. The highest BCUT2D eigenvalue weighted by molar-refractivity contribution is 6.42. The van der Waals surface area contributed by atoms with Crippen molar-refractivity contribution in [2.75, 3.05) is 19.8 Å². The molecule has 0 bridgehead atoms. The monoisotopic (exact) mass is 329 g/mol. The van der Waals surface area contributed by atoms with E-state index in [9.17, 15) is 9.90 Å². The molecule has 0 saturated carbocycles. The molecule has 1 aromatic rings. The maximum Gasteiger partial charge on any atom is 0.308 e.